The summed E-state index contributed by atoms with van der Waals surface area (Å²) in [5.41, 5.74) is 0.933. The minimum atomic E-state index is -0.0149. The van der Waals surface area contributed by atoms with Crippen LogP contribution in [0.1, 0.15) is 18.4 Å². The van der Waals surface area contributed by atoms with Gasteiger partial charge in [0.15, 0.2) is 11.5 Å². The van der Waals surface area contributed by atoms with Crippen molar-refractivity contribution in [3.63, 3.8) is 0 Å². The number of hydrogen-bond acceptors (Lipinski definition) is 2. The molecule has 74 valence electrons. The van der Waals surface area contributed by atoms with Crippen molar-refractivity contribution in [3.05, 3.63) is 22.2 Å². The van der Waals surface area contributed by atoms with Crippen LogP contribution in [-0.2, 0) is 0 Å². The average Bonchev–Trinajstić information content (AvgIpc) is 2.17. The van der Waals surface area contributed by atoms with Gasteiger partial charge in [-0.25, -0.2) is 0 Å². The number of terminal acetylenes is 1. The van der Waals surface area contributed by atoms with Crippen LogP contribution in [0, 0.1) is 12.3 Å². The number of halogens is 1. The number of phenolic OH excluding ortho intramolecular Hbond substituents is 1. The van der Waals surface area contributed by atoms with Gasteiger partial charge in [-0.1, -0.05) is 21.9 Å². The molecule has 0 fully saturated rings. The van der Waals surface area contributed by atoms with E-state index in [0.29, 0.717) is 5.75 Å². The fourth-order valence-electron chi connectivity index (χ4n) is 1.14. The summed E-state index contributed by atoms with van der Waals surface area (Å²) in [6, 6.07) is 3.33. The number of rotatable bonds is 2. The minimum Gasteiger partial charge on any atom is -0.504 e. The number of phenols is 1. The van der Waals surface area contributed by atoms with Crippen molar-refractivity contribution in [2.24, 2.45) is 0 Å². The molecule has 0 saturated heterocycles. The Hall–Kier alpha value is -1.14. The standard InChI is InChI=1S/C11H11BrO2/c1-4-7(2)8-5-11(14-3)10(13)6-9(8)12/h1,5-7,13H,2-3H3. The first kappa shape index (κ1) is 10.9. The van der Waals surface area contributed by atoms with Crippen LogP contribution in [-0.4, -0.2) is 12.2 Å². The third kappa shape index (κ3) is 2.02. The summed E-state index contributed by atoms with van der Waals surface area (Å²) in [6.07, 6.45) is 5.33. The fourth-order valence-corrected chi connectivity index (χ4v) is 1.82. The maximum Gasteiger partial charge on any atom is 0.160 e. The Balaban J connectivity index is 3.25. The van der Waals surface area contributed by atoms with Crippen molar-refractivity contribution >= 4 is 15.9 Å². The molecule has 1 atom stereocenters. The SMILES string of the molecule is C#CC(C)c1cc(OC)c(O)cc1Br. The second-order valence-electron chi connectivity index (χ2n) is 2.93. The number of methoxy groups -OCH3 is 1. The molecule has 1 rings (SSSR count). The second-order valence-corrected chi connectivity index (χ2v) is 3.79. The Morgan fingerprint density at radius 1 is 1.57 bits per heavy atom. The molecule has 1 aromatic rings. The number of hydrogen-bond donors (Lipinski definition) is 1. The topological polar surface area (TPSA) is 29.5 Å². The van der Waals surface area contributed by atoms with E-state index in [0.717, 1.165) is 10.0 Å². The molecule has 0 aliphatic heterocycles. The van der Waals surface area contributed by atoms with Gasteiger partial charge in [0.2, 0.25) is 0 Å². The van der Waals surface area contributed by atoms with E-state index in [1.165, 1.54) is 7.11 Å². The predicted octanol–water partition coefficient (Wildman–Crippen LogP) is 2.90. The van der Waals surface area contributed by atoms with Gasteiger partial charge in [-0.15, -0.1) is 6.42 Å². The molecule has 0 amide bonds. The van der Waals surface area contributed by atoms with Crippen LogP contribution >= 0.6 is 15.9 Å². The van der Waals surface area contributed by atoms with E-state index in [4.69, 9.17) is 11.2 Å². The molecule has 1 aromatic carbocycles. The molecule has 1 unspecified atom stereocenters. The normalized spacial score (nSPS) is 11.9. The third-order valence-electron chi connectivity index (χ3n) is 2.01. The highest BCUT2D eigenvalue weighted by Crippen LogP contribution is 2.35. The largest absolute Gasteiger partial charge is 0.504 e. The van der Waals surface area contributed by atoms with Crippen LogP contribution in [0.5, 0.6) is 11.5 Å². The first-order valence-electron chi connectivity index (χ1n) is 4.12. The van der Waals surface area contributed by atoms with E-state index in [1.807, 2.05) is 6.92 Å². The molecule has 0 aliphatic carbocycles. The van der Waals surface area contributed by atoms with Gasteiger partial charge < -0.3 is 9.84 Å². The molecular formula is C11H11BrO2. The van der Waals surface area contributed by atoms with E-state index < -0.39 is 0 Å². The molecule has 14 heavy (non-hydrogen) atoms. The van der Waals surface area contributed by atoms with Gasteiger partial charge in [-0.3, -0.25) is 0 Å². The van der Waals surface area contributed by atoms with Crippen molar-refractivity contribution in [3.8, 4) is 23.8 Å². The maximum atomic E-state index is 9.46. The first-order chi connectivity index (χ1) is 6.60. The zero-order chi connectivity index (χ0) is 10.7. The van der Waals surface area contributed by atoms with E-state index in [1.54, 1.807) is 12.1 Å². The average molecular weight is 255 g/mol. The highest BCUT2D eigenvalue weighted by Gasteiger charge is 2.11. The molecule has 0 heterocycles. The molecule has 0 aliphatic rings. The highest BCUT2D eigenvalue weighted by atomic mass is 79.9. The smallest absolute Gasteiger partial charge is 0.160 e. The Morgan fingerprint density at radius 2 is 2.21 bits per heavy atom. The van der Waals surface area contributed by atoms with Crippen LogP contribution in [0.3, 0.4) is 0 Å². The van der Waals surface area contributed by atoms with Crippen LogP contribution in [0.15, 0.2) is 16.6 Å². The van der Waals surface area contributed by atoms with Gasteiger partial charge in [0.1, 0.15) is 0 Å². The Morgan fingerprint density at radius 3 is 2.71 bits per heavy atom. The lowest BCUT2D eigenvalue weighted by Gasteiger charge is -2.11. The summed E-state index contributed by atoms with van der Waals surface area (Å²) in [5, 5.41) is 9.46. The summed E-state index contributed by atoms with van der Waals surface area (Å²) in [4.78, 5) is 0. The lowest BCUT2D eigenvalue weighted by molar-refractivity contribution is 0.372. The number of aromatic hydroxyl groups is 1. The second kappa shape index (κ2) is 4.39. The zero-order valence-corrected chi connectivity index (χ0v) is 9.63. The van der Waals surface area contributed by atoms with E-state index >= 15 is 0 Å². The van der Waals surface area contributed by atoms with Crippen molar-refractivity contribution in [1.29, 1.82) is 0 Å². The molecule has 0 spiro atoms. The predicted molar refractivity (Wildman–Crippen MR) is 59.6 cm³/mol. The monoisotopic (exact) mass is 254 g/mol. The van der Waals surface area contributed by atoms with Gasteiger partial charge in [-0.2, -0.15) is 0 Å². The molecular weight excluding hydrogens is 244 g/mol. The van der Waals surface area contributed by atoms with E-state index in [-0.39, 0.29) is 11.7 Å². The molecule has 3 heteroatoms. The Kier molecular flexibility index (Phi) is 3.43. The van der Waals surface area contributed by atoms with Crippen molar-refractivity contribution in [1.82, 2.24) is 0 Å². The van der Waals surface area contributed by atoms with Crippen molar-refractivity contribution < 1.29 is 9.84 Å². The summed E-state index contributed by atoms with van der Waals surface area (Å²) in [5.74, 6) is 3.15. The number of benzene rings is 1. The molecule has 0 bridgehead atoms. The van der Waals surface area contributed by atoms with Crippen molar-refractivity contribution in [2.45, 2.75) is 12.8 Å². The van der Waals surface area contributed by atoms with E-state index in [9.17, 15) is 5.11 Å². The molecule has 0 aromatic heterocycles. The third-order valence-corrected chi connectivity index (χ3v) is 2.70. The Labute approximate surface area is 92.0 Å². The van der Waals surface area contributed by atoms with Crippen LogP contribution in [0.2, 0.25) is 0 Å². The lowest BCUT2D eigenvalue weighted by atomic mass is 10.0. The highest BCUT2D eigenvalue weighted by molar-refractivity contribution is 9.10. The minimum absolute atomic E-state index is 0.0149. The fraction of sp³-hybridized carbons (Fsp3) is 0.273. The van der Waals surface area contributed by atoms with Gasteiger partial charge in [0.05, 0.1) is 7.11 Å². The molecule has 0 saturated carbocycles. The molecule has 1 N–H and O–H groups in total. The zero-order valence-electron chi connectivity index (χ0n) is 8.04. The summed E-state index contributed by atoms with van der Waals surface area (Å²) < 4.78 is 5.79. The van der Waals surface area contributed by atoms with Gasteiger partial charge >= 0.3 is 0 Å². The van der Waals surface area contributed by atoms with Crippen LogP contribution in [0.25, 0.3) is 0 Å². The maximum absolute atomic E-state index is 9.46. The number of ether oxygens (including phenoxy) is 1. The summed E-state index contributed by atoms with van der Waals surface area (Å²) in [6.45, 7) is 1.91. The molecule has 2 nitrogen and oxygen atoms in total. The van der Waals surface area contributed by atoms with Gasteiger partial charge in [-0.05, 0) is 24.6 Å². The van der Waals surface area contributed by atoms with Crippen molar-refractivity contribution in [2.75, 3.05) is 7.11 Å². The summed E-state index contributed by atoms with van der Waals surface area (Å²) >= 11 is 3.34. The van der Waals surface area contributed by atoms with E-state index in [2.05, 4.69) is 21.9 Å². The van der Waals surface area contributed by atoms with Gasteiger partial charge in [0.25, 0.3) is 0 Å². The molecule has 0 radical (unpaired) electrons. The van der Waals surface area contributed by atoms with Gasteiger partial charge in [0, 0.05) is 10.4 Å². The van der Waals surface area contributed by atoms with Crippen LogP contribution < -0.4 is 4.74 Å². The summed E-state index contributed by atoms with van der Waals surface area (Å²) in [7, 11) is 1.51. The van der Waals surface area contributed by atoms with Crippen LogP contribution in [0.4, 0.5) is 0 Å². The lowest BCUT2D eigenvalue weighted by Crippen LogP contribution is -1.93. The quantitative estimate of drug-likeness (QED) is 0.823. The first-order valence-corrected chi connectivity index (χ1v) is 4.92. The Bertz CT molecular complexity index is 380.